The molecule has 1 aliphatic rings. The highest BCUT2D eigenvalue weighted by atomic mass is 16.2. The number of nitrogens with one attached hydrogen (secondary N) is 1. The third kappa shape index (κ3) is 4.46. The quantitative estimate of drug-likeness (QED) is 0.818. The van der Waals surface area contributed by atoms with Gasteiger partial charge in [0.2, 0.25) is 5.91 Å². The van der Waals surface area contributed by atoms with Crippen LogP contribution < -0.4 is 5.32 Å². The van der Waals surface area contributed by atoms with E-state index in [-0.39, 0.29) is 11.8 Å². The van der Waals surface area contributed by atoms with Crippen LogP contribution in [0.15, 0.2) is 0 Å². The fourth-order valence-electron chi connectivity index (χ4n) is 2.27. The molecular formula is C15H28N4O. The van der Waals surface area contributed by atoms with Crippen molar-refractivity contribution in [2.75, 3.05) is 32.7 Å². The lowest BCUT2D eigenvalue weighted by Crippen LogP contribution is -2.55. The van der Waals surface area contributed by atoms with Crippen molar-refractivity contribution in [3.63, 3.8) is 0 Å². The van der Waals surface area contributed by atoms with E-state index in [4.69, 9.17) is 0 Å². The van der Waals surface area contributed by atoms with Gasteiger partial charge in [0.1, 0.15) is 5.54 Å². The standard InChI is InChI=1S/C15H28N4O/c1-12(2)15(5,11-16)17-14(20)10-18-6-8-19(9-7-18)13(3)4/h12-13H,6-10H2,1-5H3,(H,17,20)/t15-/m1/s1. The molecule has 1 amide bonds. The van der Waals surface area contributed by atoms with E-state index in [0.717, 1.165) is 26.2 Å². The van der Waals surface area contributed by atoms with Crippen molar-refractivity contribution in [3.05, 3.63) is 0 Å². The maximum Gasteiger partial charge on any atom is 0.235 e. The van der Waals surface area contributed by atoms with Gasteiger partial charge in [-0.15, -0.1) is 0 Å². The van der Waals surface area contributed by atoms with Crippen molar-refractivity contribution in [2.24, 2.45) is 5.92 Å². The zero-order chi connectivity index (χ0) is 15.3. The molecule has 5 nitrogen and oxygen atoms in total. The van der Waals surface area contributed by atoms with Crippen LogP contribution in [0, 0.1) is 17.2 Å². The van der Waals surface area contributed by atoms with E-state index in [9.17, 15) is 10.1 Å². The van der Waals surface area contributed by atoms with Gasteiger partial charge in [0.15, 0.2) is 0 Å². The van der Waals surface area contributed by atoms with Crippen molar-refractivity contribution >= 4 is 5.91 Å². The van der Waals surface area contributed by atoms with Crippen LogP contribution in [-0.2, 0) is 4.79 Å². The van der Waals surface area contributed by atoms with Crippen molar-refractivity contribution in [2.45, 2.75) is 46.2 Å². The van der Waals surface area contributed by atoms with E-state index >= 15 is 0 Å². The largest absolute Gasteiger partial charge is 0.337 e. The molecule has 0 aliphatic carbocycles. The normalized spacial score (nSPS) is 20.7. The molecule has 1 fully saturated rings. The van der Waals surface area contributed by atoms with Gasteiger partial charge in [-0.2, -0.15) is 5.26 Å². The molecule has 0 unspecified atom stereocenters. The van der Waals surface area contributed by atoms with E-state index < -0.39 is 5.54 Å². The summed E-state index contributed by atoms with van der Waals surface area (Å²) in [7, 11) is 0. The summed E-state index contributed by atoms with van der Waals surface area (Å²) in [6.07, 6.45) is 0. The van der Waals surface area contributed by atoms with E-state index in [2.05, 4.69) is 35.0 Å². The molecule has 1 saturated heterocycles. The van der Waals surface area contributed by atoms with Crippen LogP contribution in [0.3, 0.4) is 0 Å². The summed E-state index contributed by atoms with van der Waals surface area (Å²) in [5.41, 5.74) is -0.781. The number of hydrogen-bond donors (Lipinski definition) is 1. The van der Waals surface area contributed by atoms with Crippen LogP contribution in [-0.4, -0.2) is 60.0 Å². The predicted octanol–water partition coefficient (Wildman–Crippen LogP) is 1.07. The van der Waals surface area contributed by atoms with Crippen LogP contribution in [0.5, 0.6) is 0 Å². The highest BCUT2D eigenvalue weighted by Gasteiger charge is 2.30. The van der Waals surface area contributed by atoms with Crippen LogP contribution in [0.4, 0.5) is 0 Å². The third-order valence-corrected chi connectivity index (χ3v) is 4.29. The van der Waals surface area contributed by atoms with Crippen molar-refractivity contribution in [1.82, 2.24) is 15.1 Å². The summed E-state index contributed by atoms with van der Waals surface area (Å²) in [4.78, 5) is 16.7. The average molecular weight is 280 g/mol. The number of amides is 1. The second-order valence-corrected chi connectivity index (χ2v) is 6.42. The number of piperazine rings is 1. The second-order valence-electron chi connectivity index (χ2n) is 6.42. The summed E-state index contributed by atoms with van der Waals surface area (Å²) in [6, 6.07) is 2.77. The van der Waals surface area contributed by atoms with Gasteiger partial charge in [-0.25, -0.2) is 0 Å². The molecule has 0 aromatic rings. The lowest BCUT2D eigenvalue weighted by molar-refractivity contribution is -0.124. The Hall–Kier alpha value is -1.12. The molecule has 5 heteroatoms. The van der Waals surface area contributed by atoms with Crippen LogP contribution >= 0.6 is 0 Å². The minimum atomic E-state index is -0.781. The Labute approximate surface area is 122 Å². The first-order valence-corrected chi connectivity index (χ1v) is 7.47. The van der Waals surface area contributed by atoms with Gasteiger partial charge in [-0.1, -0.05) is 13.8 Å². The lowest BCUT2D eigenvalue weighted by atomic mass is 9.90. The Kier molecular flexibility index (Phi) is 5.97. The summed E-state index contributed by atoms with van der Waals surface area (Å²) >= 11 is 0. The number of nitrogens with zero attached hydrogens (tertiary/aromatic N) is 3. The monoisotopic (exact) mass is 280 g/mol. The van der Waals surface area contributed by atoms with Gasteiger partial charge >= 0.3 is 0 Å². The fraction of sp³-hybridized carbons (Fsp3) is 0.867. The highest BCUT2D eigenvalue weighted by Crippen LogP contribution is 2.15. The van der Waals surface area contributed by atoms with Crippen LogP contribution in [0.1, 0.15) is 34.6 Å². The SMILES string of the molecule is CC(C)N1CCN(CC(=O)N[C@](C)(C#N)C(C)C)CC1. The van der Waals surface area contributed by atoms with Gasteiger partial charge in [0.25, 0.3) is 0 Å². The summed E-state index contributed by atoms with van der Waals surface area (Å²) in [5, 5.41) is 12.1. The molecule has 1 aliphatic heterocycles. The lowest BCUT2D eigenvalue weighted by Gasteiger charge is -2.37. The number of carbonyl (C=O) groups is 1. The first kappa shape index (κ1) is 16.9. The Morgan fingerprint density at radius 2 is 1.80 bits per heavy atom. The summed E-state index contributed by atoms with van der Waals surface area (Å²) < 4.78 is 0. The van der Waals surface area contributed by atoms with Gasteiger partial charge in [-0.3, -0.25) is 14.6 Å². The Bertz CT molecular complexity index is 367. The number of nitriles is 1. The second kappa shape index (κ2) is 7.05. The summed E-state index contributed by atoms with van der Waals surface area (Å²) in [5.74, 6) is 0.0370. The Morgan fingerprint density at radius 3 is 2.20 bits per heavy atom. The Balaban J connectivity index is 2.43. The minimum Gasteiger partial charge on any atom is -0.337 e. The van der Waals surface area contributed by atoms with Gasteiger partial charge in [0.05, 0.1) is 12.6 Å². The number of carbonyl (C=O) groups excluding carboxylic acids is 1. The van der Waals surface area contributed by atoms with E-state index in [1.165, 1.54) is 0 Å². The smallest absolute Gasteiger partial charge is 0.235 e. The molecular weight excluding hydrogens is 252 g/mol. The zero-order valence-electron chi connectivity index (χ0n) is 13.4. The molecule has 0 bridgehead atoms. The van der Waals surface area contributed by atoms with Gasteiger partial charge in [-0.05, 0) is 26.7 Å². The molecule has 0 saturated carbocycles. The molecule has 20 heavy (non-hydrogen) atoms. The van der Waals surface area contributed by atoms with Gasteiger partial charge < -0.3 is 5.32 Å². The molecule has 0 radical (unpaired) electrons. The van der Waals surface area contributed by atoms with Crippen molar-refractivity contribution in [3.8, 4) is 6.07 Å². The van der Waals surface area contributed by atoms with Gasteiger partial charge in [0, 0.05) is 32.2 Å². The molecule has 1 rings (SSSR count). The molecule has 1 atom stereocenters. The average Bonchev–Trinajstić information content (AvgIpc) is 2.38. The first-order chi connectivity index (χ1) is 9.28. The topological polar surface area (TPSA) is 59.4 Å². The molecule has 0 spiro atoms. The van der Waals surface area contributed by atoms with Crippen molar-refractivity contribution < 1.29 is 4.79 Å². The number of hydrogen-bond acceptors (Lipinski definition) is 4. The van der Waals surface area contributed by atoms with Crippen molar-refractivity contribution in [1.29, 1.82) is 5.26 Å². The maximum absolute atomic E-state index is 12.1. The molecule has 114 valence electrons. The zero-order valence-corrected chi connectivity index (χ0v) is 13.4. The third-order valence-electron chi connectivity index (χ3n) is 4.29. The van der Waals surface area contributed by atoms with E-state index in [0.29, 0.717) is 12.6 Å². The summed E-state index contributed by atoms with van der Waals surface area (Å²) in [6.45, 7) is 14.3. The van der Waals surface area contributed by atoms with Crippen LogP contribution in [0.2, 0.25) is 0 Å². The first-order valence-electron chi connectivity index (χ1n) is 7.47. The molecule has 0 aromatic heterocycles. The molecule has 0 aromatic carbocycles. The predicted molar refractivity (Wildman–Crippen MR) is 80.1 cm³/mol. The van der Waals surface area contributed by atoms with E-state index in [1.54, 1.807) is 6.92 Å². The molecule has 1 heterocycles. The highest BCUT2D eigenvalue weighted by molar-refractivity contribution is 5.79. The molecule has 1 N–H and O–H groups in total. The maximum atomic E-state index is 12.1. The number of rotatable bonds is 5. The minimum absolute atomic E-state index is 0.0549. The fourth-order valence-corrected chi connectivity index (χ4v) is 2.27. The van der Waals surface area contributed by atoms with E-state index in [1.807, 2.05) is 13.8 Å². The van der Waals surface area contributed by atoms with Crippen LogP contribution in [0.25, 0.3) is 0 Å². The Morgan fingerprint density at radius 1 is 1.25 bits per heavy atom.